The van der Waals surface area contributed by atoms with Crippen LogP contribution >= 0.6 is 11.6 Å². The fraction of sp³-hybridized carbons (Fsp3) is 0.353. The highest BCUT2D eigenvalue weighted by Gasteiger charge is 2.32. The molecule has 6 nitrogen and oxygen atoms in total. The Hall–Kier alpha value is -1.90. The summed E-state index contributed by atoms with van der Waals surface area (Å²) in [5.74, 6) is -1.02. The number of piperidine rings is 1. The van der Waals surface area contributed by atoms with E-state index in [1.165, 1.54) is 16.6 Å². The molecule has 1 amide bonds. The number of benzene rings is 1. The van der Waals surface area contributed by atoms with Gasteiger partial charge in [-0.05, 0) is 37.1 Å². The van der Waals surface area contributed by atoms with Crippen LogP contribution in [0.5, 0.6) is 0 Å². The normalized spacial score (nSPS) is 16.5. The van der Waals surface area contributed by atoms with Crippen molar-refractivity contribution in [2.75, 3.05) is 13.1 Å². The summed E-state index contributed by atoms with van der Waals surface area (Å²) < 4.78 is 44.8. The molecule has 0 unspecified atom stereocenters. The topological polar surface area (TPSA) is 79.6 Å². The third kappa shape index (κ3) is 4.08. The van der Waals surface area contributed by atoms with Crippen molar-refractivity contribution in [1.29, 1.82) is 0 Å². The minimum absolute atomic E-state index is 0.0493. The first-order valence-corrected chi connectivity index (χ1v) is 9.94. The van der Waals surface area contributed by atoms with Crippen LogP contribution in [0.25, 0.3) is 0 Å². The van der Waals surface area contributed by atoms with E-state index < -0.39 is 15.8 Å². The summed E-state index contributed by atoms with van der Waals surface area (Å²) in [6.45, 7) is 0.824. The Morgan fingerprint density at radius 1 is 1.31 bits per heavy atom. The van der Waals surface area contributed by atoms with Crippen molar-refractivity contribution in [3.63, 3.8) is 0 Å². The minimum atomic E-state index is -3.76. The van der Waals surface area contributed by atoms with Crippen molar-refractivity contribution >= 4 is 27.5 Å². The van der Waals surface area contributed by atoms with Crippen molar-refractivity contribution < 1.29 is 22.0 Å². The molecular formula is C17H18ClFN2O4S. The van der Waals surface area contributed by atoms with Crippen LogP contribution in [-0.4, -0.2) is 31.7 Å². The van der Waals surface area contributed by atoms with E-state index in [0.717, 1.165) is 17.7 Å². The molecule has 2 heterocycles. The predicted molar refractivity (Wildman–Crippen MR) is 93.4 cm³/mol. The highest BCUT2D eigenvalue weighted by Crippen LogP contribution is 2.26. The van der Waals surface area contributed by atoms with Crippen LogP contribution in [0.2, 0.25) is 5.02 Å². The highest BCUT2D eigenvalue weighted by atomic mass is 35.5. The molecule has 1 N–H and O–H groups in total. The Kier molecular flexibility index (Phi) is 5.64. The largest absolute Gasteiger partial charge is 0.472 e. The van der Waals surface area contributed by atoms with Gasteiger partial charge >= 0.3 is 0 Å². The van der Waals surface area contributed by atoms with E-state index in [0.29, 0.717) is 19.4 Å². The molecule has 0 aliphatic carbocycles. The van der Waals surface area contributed by atoms with Crippen molar-refractivity contribution in [3.8, 4) is 0 Å². The Balaban J connectivity index is 1.58. The van der Waals surface area contributed by atoms with Gasteiger partial charge in [0.1, 0.15) is 5.82 Å². The van der Waals surface area contributed by atoms with Gasteiger partial charge in [-0.1, -0.05) is 11.6 Å². The molecule has 0 spiro atoms. The van der Waals surface area contributed by atoms with Crippen LogP contribution in [0.4, 0.5) is 4.39 Å². The maximum Gasteiger partial charge on any atom is 0.243 e. The molecule has 3 rings (SSSR count). The van der Waals surface area contributed by atoms with E-state index in [2.05, 4.69) is 5.32 Å². The van der Waals surface area contributed by atoms with Crippen molar-refractivity contribution in [3.05, 3.63) is 53.2 Å². The summed E-state index contributed by atoms with van der Waals surface area (Å²) in [6, 6.07) is 5.10. The molecule has 0 saturated carbocycles. The minimum Gasteiger partial charge on any atom is -0.472 e. The summed E-state index contributed by atoms with van der Waals surface area (Å²) in [6.07, 6.45) is 3.94. The first kappa shape index (κ1) is 18.9. The number of carbonyl (C=O) groups is 1. The zero-order chi connectivity index (χ0) is 18.7. The lowest BCUT2D eigenvalue weighted by molar-refractivity contribution is -0.126. The SMILES string of the molecule is O=C(NCc1ccoc1)C1CCN(S(=O)(=O)c2ccc(F)c(Cl)c2)CC1. The Morgan fingerprint density at radius 2 is 2.04 bits per heavy atom. The molecule has 1 aliphatic heterocycles. The van der Waals surface area contributed by atoms with Gasteiger partial charge in [0.25, 0.3) is 0 Å². The van der Waals surface area contributed by atoms with Gasteiger partial charge in [-0.15, -0.1) is 0 Å². The van der Waals surface area contributed by atoms with Crippen molar-refractivity contribution in [2.24, 2.45) is 5.92 Å². The van der Waals surface area contributed by atoms with Crippen LogP contribution < -0.4 is 5.32 Å². The summed E-state index contributed by atoms with van der Waals surface area (Å²) in [4.78, 5) is 12.2. The molecule has 140 valence electrons. The third-order valence-electron chi connectivity index (χ3n) is 4.40. The summed E-state index contributed by atoms with van der Waals surface area (Å²) in [7, 11) is -3.76. The number of nitrogens with one attached hydrogen (secondary N) is 1. The number of carbonyl (C=O) groups excluding carboxylic acids is 1. The quantitative estimate of drug-likeness (QED) is 0.836. The van der Waals surface area contributed by atoms with E-state index in [1.807, 2.05) is 0 Å². The first-order chi connectivity index (χ1) is 12.4. The number of amides is 1. The average molecular weight is 401 g/mol. The summed E-state index contributed by atoms with van der Waals surface area (Å²) in [5, 5.41) is 2.59. The molecule has 0 bridgehead atoms. The van der Waals surface area contributed by atoms with Crippen molar-refractivity contribution in [2.45, 2.75) is 24.3 Å². The lowest BCUT2D eigenvalue weighted by Crippen LogP contribution is -2.42. The Bertz CT molecular complexity index is 878. The van der Waals surface area contributed by atoms with Crippen molar-refractivity contribution in [1.82, 2.24) is 9.62 Å². The number of nitrogens with zero attached hydrogens (tertiary/aromatic N) is 1. The van der Waals surface area contributed by atoms with Crippen LogP contribution in [0.15, 0.2) is 46.1 Å². The van der Waals surface area contributed by atoms with Crippen LogP contribution in [0, 0.1) is 11.7 Å². The molecule has 1 saturated heterocycles. The number of hydrogen-bond acceptors (Lipinski definition) is 4. The van der Waals surface area contributed by atoms with Crippen LogP contribution in [0.1, 0.15) is 18.4 Å². The van der Waals surface area contributed by atoms with E-state index in [4.69, 9.17) is 16.0 Å². The molecule has 1 aromatic carbocycles. The molecule has 0 atom stereocenters. The number of furan rings is 1. The number of rotatable bonds is 5. The lowest BCUT2D eigenvalue weighted by atomic mass is 9.97. The molecule has 9 heteroatoms. The molecule has 1 aromatic heterocycles. The smallest absolute Gasteiger partial charge is 0.243 e. The fourth-order valence-electron chi connectivity index (χ4n) is 2.87. The predicted octanol–water partition coefficient (Wildman–Crippen LogP) is 2.79. The summed E-state index contributed by atoms with van der Waals surface area (Å²) >= 11 is 5.68. The third-order valence-corrected chi connectivity index (χ3v) is 6.58. The number of hydrogen-bond donors (Lipinski definition) is 1. The highest BCUT2D eigenvalue weighted by molar-refractivity contribution is 7.89. The summed E-state index contributed by atoms with van der Waals surface area (Å²) in [5.41, 5.74) is 0.867. The van der Waals surface area contributed by atoms with Gasteiger partial charge in [0.2, 0.25) is 15.9 Å². The van der Waals surface area contributed by atoms with E-state index in [-0.39, 0.29) is 34.8 Å². The second-order valence-corrected chi connectivity index (χ2v) is 8.45. The molecule has 0 radical (unpaired) electrons. The molecule has 2 aromatic rings. The van der Waals surface area contributed by atoms with Gasteiger partial charge in [0.15, 0.2) is 0 Å². The maximum absolute atomic E-state index is 13.3. The van der Waals surface area contributed by atoms with E-state index in [1.54, 1.807) is 12.3 Å². The zero-order valence-electron chi connectivity index (χ0n) is 13.8. The second kappa shape index (κ2) is 7.77. The second-order valence-electron chi connectivity index (χ2n) is 6.10. The van der Waals surface area contributed by atoms with Gasteiger partial charge in [-0.2, -0.15) is 4.31 Å². The maximum atomic E-state index is 13.3. The van der Waals surface area contributed by atoms with Gasteiger partial charge in [0, 0.05) is 31.1 Å². The monoisotopic (exact) mass is 400 g/mol. The molecule has 1 aliphatic rings. The van der Waals surface area contributed by atoms with Gasteiger partial charge in [-0.25, -0.2) is 12.8 Å². The molecule has 26 heavy (non-hydrogen) atoms. The Labute approximate surface area is 156 Å². The van der Waals surface area contributed by atoms with Gasteiger partial charge in [0.05, 0.1) is 22.4 Å². The van der Waals surface area contributed by atoms with E-state index >= 15 is 0 Å². The average Bonchev–Trinajstić information content (AvgIpc) is 3.15. The first-order valence-electron chi connectivity index (χ1n) is 8.12. The molecule has 1 fully saturated rings. The van der Waals surface area contributed by atoms with Gasteiger partial charge in [-0.3, -0.25) is 4.79 Å². The lowest BCUT2D eigenvalue weighted by Gasteiger charge is -2.30. The molecular weight excluding hydrogens is 383 g/mol. The van der Waals surface area contributed by atoms with E-state index in [9.17, 15) is 17.6 Å². The number of halogens is 2. The standard InChI is InChI=1S/C17H18ClFN2O4S/c18-15-9-14(1-2-16(15)19)26(23,24)21-6-3-13(4-7-21)17(22)20-10-12-5-8-25-11-12/h1-2,5,8-9,11,13H,3-4,6-7,10H2,(H,20,22). The van der Waals surface area contributed by atoms with Crippen LogP contribution in [0.3, 0.4) is 0 Å². The zero-order valence-corrected chi connectivity index (χ0v) is 15.4. The van der Waals surface area contributed by atoms with Crippen LogP contribution in [-0.2, 0) is 21.4 Å². The number of sulfonamides is 1. The van der Waals surface area contributed by atoms with Gasteiger partial charge < -0.3 is 9.73 Å². The Morgan fingerprint density at radius 3 is 2.65 bits per heavy atom. The fourth-order valence-corrected chi connectivity index (χ4v) is 4.61.